The van der Waals surface area contributed by atoms with E-state index in [4.69, 9.17) is 17.3 Å². The zero-order valence-electron chi connectivity index (χ0n) is 11.5. The van der Waals surface area contributed by atoms with Crippen LogP contribution in [0.15, 0.2) is 23.1 Å². The maximum Gasteiger partial charge on any atom is 0.242 e. The molecule has 0 fully saturated rings. The SMILES string of the molecule is CNC(=O)C(C)(C)CNS(=O)(=O)c1cc(Cl)ccc1N. The summed E-state index contributed by atoms with van der Waals surface area (Å²) in [4.78, 5) is 11.5. The molecule has 0 unspecified atom stereocenters. The first-order valence-corrected chi connectivity index (χ1v) is 7.73. The van der Waals surface area contributed by atoms with Gasteiger partial charge < -0.3 is 11.1 Å². The van der Waals surface area contributed by atoms with E-state index in [-0.39, 0.29) is 28.1 Å². The molecule has 0 bridgehead atoms. The number of nitrogens with one attached hydrogen (secondary N) is 2. The number of benzene rings is 1. The number of amides is 1. The summed E-state index contributed by atoms with van der Waals surface area (Å²) in [5.41, 5.74) is 4.86. The summed E-state index contributed by atoms with van der Waals surface area (Å²) in [7, 11) is -2.33. The number of rotatable bonds is 5. The molecule has 1 aromatic rings. The quantitative estimate of drug-likeness (QED) is 0.704. The van der Waals surface area contributed by atoms with Crippen LogP contribution in [0.4, 0.5) is 5.69 Å². The Labute approximate surface area is 123 Å². The first-order valence-electron chi connectivity index (χ1n) is 5.87. The van der Waals surface area contributed by atoms with E-state index in [0.717, 1.165) is 0 Å². The second kappa shape index (κ2) is 5.99. The van der Waals surface area contributed by atoms with Gasteiger partial charge >= 0.3 is 0 Å². The van der Waals surface area contributed by atoms with Gasteiger partial charge in [-0.2, -0.15) is 0 Å². The van der Waals surface area contributed by atoms with E-state index in [1.165, 1.54) is 25.2 Å². The summed E-state index contributed by atoms with van der Waals surface area (Å²) in [5.74, 6) is -0.265. The predicted octanol–water partition coefficient (Wildman–Crippen LogP) is 0.973. The number of carbonyl (C=O) groups excluding carboxylic acids is 1. The van der Waals surface area contributed by atoms with Crippen molar-refractivity contribution in [2.45, 2.75) is 18.7 Å². The second-order valence-corrected chi connectivity index (χ2v) is 7.14. The van der Waals surface area contributed by atoms with Crippen molar-refractivity contribution in [3.05, 3.63) is 23.2 Å². The highest BCUT2D eigenvalue weighted by atomic mass is 35.5. The number of halogens is 1. The summed E-state index contributed by atoms with van der Waals surface area (Å²) in [6.07, 6.45) is 0. The monoisotopic (exact) mass is 319 g/mol. The minimum absolute atomic E-state index is 0.0546. The van der Waals surface area contributed by atoms with Crippen LogP contribution in [-0.4, -0.2) is 27.9 Å². The molecule has 8 heteroatoms. The summed E-state index contributed by atoms with van der Waals surface area (Å²) in [5, 5.41) is 2.75. The Morgan fingerprint density at radius 3 is 2.55 bits per heavy atom. The van der Waals surface area contributed by atoms with Crippen molar-refractivity contribution in [1.29, 1.82) is 0 Å². The second-order valence-electron chi connectivity index (χ2n) is 4.97. The van der Waals surface area contributed by atoms with Gasteiger partial charge in [0.05, 0.1) is 11.1 Å². The summed E-state index contributed by atoms with van der Waals surface area (Å²) in [6.45, 7) is 3.21. The topological polar surface area (TPSA) is 101 Å². The van der Waals surface area contributed by atoms with Crippen LogP contribution in [0.3, 0.4) is 0 Å². The van der Waals surface area contributed by atoms with Crippen molar-refractivity contribution in [3.8, 4) is 0 Å². The molecule has 1 amide bonds. The number of anilines is 1. The molecule has 1 aromatic carbocycles. The minimum atomic E-state index is -3.83. The Kier molecular flexibility index (Phi) is 5.01. The number of hydrogen-bond donors (Lipinski definition) is 3. The van der Waals surface area contributed by atoms with Crippen LogP contribution in [0.1, 0.15) is 13.8 Å². The Morgan fingerprint density at radius 1 is 1.40 bits per heavy atom. The van der Waals surface area contributed by atoms with Crippen molar-refractivity contribution in [1.82, 2.24) is 10.0 Å². The molecule has 1 rings (SSSR count). The van der Waals surface area contributed by atoms with Crippen LogP contribution >= 0.6 is 11.6 Å². The van der Waals surface area contributed by atoms with Gasteiger partial charge in [0.25, 0.3) is 0 Å². The molecule has 0 saturated carbocycles. The number of nitrogen functional groups attached to an aromatic ring is 1. The Bertz CT molecular complexity index is 614. The molecule has 0 aliphatic heterocycles. The van der Waals surface area contributed by atoms with Crippen molar-refractivity contribution in [2.75, 3.05) is 19.3 Å². The lowest BCUT2D eigenvalue weighted by atomic mass is 9.93. The Hall–Kier alpha value is -1.31. The number of nitrogens with two attached hydrogens (primary N) is 1. The zero-order valence-corrected chi connectivity index (χ0v) is 13.1. The van der Waals surface area contributed by atoms with Crippen molar-refractivity contribution in [3.63, 3.8) is 0 Å². The molecular weight excluding hydrogens is 302 g/mol. The van der Waals surface area contributed by atoms with Gasteiger partial charge in [0, 0.05) is 18.6 Å². The van der Waals surface area contributed by atoms with Gasteiger partial charge in [0.1, 0.15) is 4.90 Å². The maximum absolute atomic E-state index is 12.2. The lowest BCUT2D eigenvalue weighted by molar-refractivity contribution is -0.128. The largest absolute Gasteiger partial charge is 0.398 e. The molecule has 0 aromatic heterocycles. The maximum atomic E-state index is 12.2. The van der Waals surface area contributed by atoms with Crippen LogP contribution in [0.5, 0.6) is 0 Å². The van der Waals surface area contributed by atoms with Gasteiger partial charge in [-0.15, -0.1) is 0 Å². The van der Waals surface area contributed by atoms with E-state index in [9.17, 15) is 13.2 Å². The lowest BCUT2D eigenvalue weighted by Gasteiger charge is -2.23. The number of hydrogen-bond acceptors (Lipinski definition) is 4. The fraction of sp³-hybridized carbons (Fsp3) is 0.417. The fourth-order valence-corrected chi connectivity index (χ4v) is 3.12. The molecule has 0 aliphatic carbocycles. The summed E-state index contributed by atoms with van der Waals surface area (Å²) < 4.78 is 26.7. The molecule has 0 heterocycles. The van der Waals surface area contributed by atoms with E-state index >= 15 is 0 Å². The average molecular weight is 320 g/mol. The average Bonchev–Trinajstić information content (AvgIpc) is 2.38. The number of carbonyl (C=O) groups is 1. The first kappa shape index (κ1) is 16.7. The van der Waals surface area contributed by atoms with Gasteiger partial charge in [0.2, 0.25) is 15.9 Å². The lowest BCUT2D eigenvalue weighted by Crippen LogP contribution is -2.43. The normalized spacial score (nSPS) is 12.2. The van der Waals surface area contributed by atoms with E-state index < -0.39 is 15.4 Å². The smallest absolute Gasteiger partial charge is 0.242 e. The van der Waals surface area contributed by atoms with Gasteiger partial charge in [-0.1, -0.05) is 11.6 Å². The highest BCUT2D eigenvalue weighted by Gasteiger charge is 2.29. The standard InChI is InChI=1S/C12H18ClN3O3S/c1-12(2,11(17)15-3)7-16-20(18,19)10-6-8(13)4-5-9(10)14/h4-6,16H,7,14H2,1-3H3,(H,15,17). The van der Waals surface area contributed by atoms with Crippen LogP contribution in [0, 0.1) is 5.41 Å². The predicted molar refractivity (Wildman–Crippen MR) is 78.9 cm³/mol. The van der Waals surface area contributed by atoms with Crippen LogP contribution in [0.2, 0.25) is 5.02 Å². The third kappa shape index (κ3) is 3.84. The molecule has 0 spiro atoms. The molecule has 0 atom stereocenters. The van der Waals surface area contributed by atoms with E-state index in [1.54, 1.807) is 13.8 Å². The van der Waals surface area contributed by atoms with Gasteiger partial charge in [0.15, 0.2) is 0 Å². The van der Waals surface area contributed by atoms with Crippen molar-refractivity contribution >= 4 is 33.2 Å². The minimum Gasteiger partial charge on any atom is -0.398 e. The number of sulfonamides is 1. The van der Waals surface area contributed by atoms with Crippen LogP contribution < -0.4 is 15.8 Å². The molecular formula is C12H18ClN3O3S. The van der Waals surface area contributed by atoms with Crippen LogP contribution in [0.25, 0.3) is 0 Å². The third-order valence-electron chi connectivity index (χ3n) is 2.81. The van der Waals surface area contributed by atoms with Gasteiger partial charge in [-0.3, -0.25) is 4.79 Å². The summed E-state index contributed by atoms with van der Waals surface area (Å²) >= 11 is 5.77. The molecule has 4 N–H and O–H groups in total. The third-order valence-corrected chi connectivity index (χ3v) is 4.50. The van der Waals surface area contributed by atoms with E-state index in [2.05, 4.69) is 10.0 Å². The zero-order chi connectivity index (χ0) is 15.6. The molecule has 0 radical (unpaired) electrons. The summed E-state index contributed by atoms with van der Waals surface area (Å²) in [6, 6.07) is 4.19. The molecule has 112 valence electrons. The molecule has 0 aliphatic rings. The molecule has 6 nitrogen and oxygen atoms in total. The van der Waals surface area contributed by atoms with E-state index in [1.807, 2.05) is 0 Å². The first-order chi connectivity index (χ1) is 9.10. The molecule has 0 saturated heterocycles. The van der Waals surface area contributed by atoms with E-state index in [0.29, 0.717) is 0 Å². The Morgan fingerprint density at radius 2 is 2.00 bits per heavy atom. The van der Waals surface area contributed by atoms with Gasteiger partial charge in [-0.25, -0.2) is 13.1 Å². The molecule has 20 heavy (non-hydrogen) atoms. The van der Waals surface area contributed by atoms with Gasteiger partial charge in [-0.05, 0) is 32.0 Å². The van der Waals surface area contributed by atoms with Crippen LogP contribution in [-0.2, 0) is 14.8 Å². The highest BCUT2D eigenvalue weighted by molar-refractivity contribution is 7.89. The van der Waals surface area contributed by atoms with Crippen molar-refractivity contribution in [2.24, 2.45) is 5.41 Å². The van der Waals surface area contributed by atoms with Crippen molar-refractivity contribution < 1.29 is 13.2 Å². The fourth-order valence-electron chi connectivity index (χ4n) is 1.51. The highest BCUT2D eigenvalue weighted by Crippen LogP contribution is 2.23. The Balaban J connectivity index is 2.97.